The molecule has 320 valence electrons. The number of methoxy groups -OCH3 is 1. The smallest absolute Gasteiger partial charge is 0.259 e. The number of aromatic nitrogens is 1. The summed E-state index contributed by atoms with van der Waals surface area (Å²) >= 11 is 0. The van der Waals surface area contributed by atoms with E-state index >= 15 is 0 Å². The van der Waals surface area contributed by atoms with Gasteiger partial charge in [0.15, 0.2) is 0 Å². The van der Waals surface area contributed by atoms with Crippen molar-refractivity contribution in [3.63, 3.8) is 0 Å². The summed E-state index contributed by atoms with van der Waals surface area (Å²) in [6.45, 7) is -0.249. The first-order valence-electron chi connectivity index (χ1n) is 21.0. The molecule has 2 aliphatic carbocycles. The van der Waals surface area contributed by atoms with Crippen molar-refractivity contribution in [3.05, 3.63) is 66.7 Å². The maximum Gasteiger partial charge on any atom is 0.259 e. The van der Waals surface area contributed by atoms with E-state index < -0.39 is 87.2 Å². The summed E-state index contributed by atoms with van der Waals surface area (Å²) < 4.78 is 68.3. The highest BCUT2D eigenvalue weighted by atomic mass is 32.2. The molecule has 5 atom stereocenters. The molecule has 0 unspecified atom stereocenters. The second-order valence-corrected chi connectivity index (χ2v) is 18.8. The van der Waals surface area contributed by atoms with E-state index in [1.807, 2.05) is 54.6 Å². The number of hydrogen-bond acceptors (Lipinski definition) is 9. The summed E-state index contributed by atoms with van der Waals surface area (Å²) in [5, 5.41) is 2.91. The first kappa shape index (κ1) is 41.6. The largest absolute Gasteiger partial charge is 0.497 e. The van der Waals surface area contributed by atoms with Crippen LogP contribution in [0.4, 0.5) is 8.78 Å². The Balaban J connectivity index is 1.12. The minimum atomic E-state index is -3.93. The number of rotatable bonds is 9. The molecule has 5 aliphatic rings. The van der Waals surface area contributed by atoms with Crippen molar-refractivity contribution >= 4 is 44.6 Å². The number of nitrogens with one attached hydrogen (secondary N) is 2. The number of alkyl halides is 2. The number of allylic oxidation sites excluding steroid dienone is 1. The van der Waals surface area contributed by atoms with Gasteiger partial charge in [-0.1, -0.05) is 55.3 Å². The average molecular weight is 848 g/mol. The summed E-state index contributed by atoms with van der Waals surface area (Å²) in [7, 11) is -2.37. The molecule has 2 N–H and O–H groups in total. The number of amides is 4. The third-order valence-corrected chi connectivity index (χ3v) is 14.4. The minimum Gasteiger partial charge on any atom is -0.497 e. The van der Waals surface area contributed by atoms with Crippen LogP contribution in [-0.4, -0.2) is 102 Å². The number of fused-ring (bicyclic) bond motifs is 3. The number of pyridine rings is 1. The van der Waals surface area contributed by atoms with Gasteiger partial charge in [-0.15, -0.1) is 0 Å². The molecule has 4 amide bonds. The van der Waals surface area contributed by atoms with Crippen molar-refractivity contribution in [3.8, 4) is 22.8 Å². The number of halogens is 2. The van der Waals surface area contributed by atoms with Gasteiger partial charge in [-0.3, -0.25) is 23.9 Å². The van der Waals surface area contributed by atoms with Gasteiger partial charge >= 0.3 is 0 Å². The number of benzene rings is 2. The summed E-state index contributed by atoms with van der Waals surface area (Å²) in [6.07, 6.45) is 6.21. The number of nitrogens with zero attached hydrogens (tertiary/aromatic N) is 3. The van der Waals surface area contributed by atoms with Gasteiger partial charge in [0.2, 0.25) is 27.7 Å². The van der Waals surface area contributed by atoms with Crippen molar-refractivity contribution in [2.75, 3.05) is 26.7 Å². The quantitative estimate of drug-likeness (QED) is 0.264. The molecule has 60 heavy (non-hydrogen) atoms. The van der Waals surface area contributed by atoms with Crippen molar-refractivity contribution in [2.24, 2.45) is 11.8 Å². The molecule has 1 aromatic heterocycles. The fourth-order valence-corrected chi connectivity index (χ4v) is 10.1. The molecule has 3 aliphatic heterocycles. The molecule has 8 rings (SSSR count). The van der Waals surface area contributed by atoms with E-state index in [0.29, 0.717) is 60.2 Å². The zero-order chi connectivity index (χ0) is 42.2. The van der Waals surface area contributed by atoms with Crippen LogP contribution in [0.5, 0.6) is 11.5 Å². The number of sulfonamides is 1. The lowest BCUT2D eigenvalue weighted by molar-refractivity contribution is -0.147. The molecule has 0 radical (unpaired) electrons. The fourth-order valence-electron chi connectivity index (χ4n) is 8.74. The summed E-state index contributed by atoms with van der Waals surface area (Å²) in [4.78, 5) is 64.6. The Kier molecular flexibility index (Phi) is 11.6. The Morgan fingerprint density at radius 2 is 1.77 bits per heavy atom. The Morgan fingerprint density at radius 1 is 1.00 bits per heavy atom. The van der Waals surface area contributed by atoms with E-state index in [0.717, 1.165) is 18.4 Å². The molecular formula is C44H51F2N5O8S. The van der Waals surface area contributed by atoms with Crippen molar-refractivity contribution < 1.29 is 45.9 Å². The van der Waals surface area contributed by atoms with Gasteiger partial charge in [0.1, 0.15) is 29.2 Å². The minimum absolute atomic E-state index is 0.0265. The predicted octanol–water partition coefficient (Wildman–Crippen LogP) is 5.53. The normalized spacial score (nSPS) is 27.7. The molecule has 2 saturated carbocycles. The molecular weight excluding hydrogens is 797 g/mol. The average Bonchev–Trinajstić information content (AvgIpc) is 4.16. The molecule has 4 fully saturated rings. The van der Waals surface area contributed by atoms with Crippen LogP contribution in [0, 0.1) is 11.8 Å². The zero-order valence-electron chi connectivity index (χ0n) is 33.6. The highest BCUT2D eigenvalue weighted by molar-refractivity contribution is 7.91. The highest BCUT2D eigenvalue weighted by Crippen LogP contribution is 2.46. The van der Waals surface area contributed by atoms with Crippen LogP contribution < -0.4 is 19.5 Å². The Bertz CT molecular complexity index is 2280. The predicted molar refractivity (Wildman–Crippen MR) is 218 cm³/mol. The van der Waals surface area contributed by atoms with Crippen LogP contribution >= 0.6 is 0 Å². The number of carbonyl (C=O) groups is 4. The lowest BCUT2D eigenvalue weighted by atomic mass is 9.94. The van der Waals surface area contributed by atoms with Crippen LogP contribution in [0.3, 0.4) is 0 Å². The van der Waals surface area contributed by atoms with E-state index in [9.17, 15) is 36.4 Å². The first-order valence-corrected chi connectivity index (χ1v) is 22.5. The molecule has 3 aromatic rings. The SMILES string of the molecule is COc1ccc2c(O[C@@H]3C[C@H]4C(=O)N[C@]5(C(=O)NS(=O)(=O)C6CC6)C[C@H]5/C=C\CCCCC[C@H](CC(=O)N5CCC(F)(F)CC5)C(=O)N4C3)cc(-c3ccccc3)nc2c1. The zero-order valence-corrected chi connectivity index (χ0v) is 34.4. The van der Waals surface area contributed by atoms with E-state index in [4.69, 9.17) is 14.5 Å². The summed E-state index contributed by atoms with van der Waals surface area (Å²) in [5.41, 5.74) is 0.526. The molecule has 4 heterocycles. The van der Waals surface area contributed by atoms with Gasteiger partial charge in [0.25, 0.3) is 11.8 Å². The van der Waals surface area contributed by atoms with Crippen molar-refractivity contribution in [2.45, 2.75) is 106 Å². The molecule has 13 nitrogen and oxygen atoms in total. The topological polar surface area (TPSA) is 164 Å². The van der Waals surface area contributed by atoms with Crippen molar-refractivity contribution in [1.29, 1.82) is 0 Å². The fraction of sp³-hybridized carbons (Fsp3) is 0.523. The van der Waals surface area contributed by atoms with Crippen LogP contribution in [0.25, 0.3) is 22.2 Å². The van der Waals surface area contributed by atoms with E-state index in [1.54, 1.807) is 19.2 Å². The lowest BCUT2D eigenvalue weighted by Gasteiger charge is -2.33. The maximum atomic E-state index is 14.8. The third-order valence-electron chi connectivity index (χ3n) is 12.6. The lowest BCUT2D eigenvalue weighted by Crippen LogP contribution is -2.57. The maximum absolute atomic E-state index is 14.8. The van der Waals surface area contributed by atoms with Crippen LogP contribution in [0.2, 0.25) is 0 Å². The van der Waals surface area contributed by atoms with Gasteiger partial charge in [-0.05, 0) is 50.7 Å². The monoisotopic (exact) mass is 847 g/mol. The molecule has 0 spiro atoms. The van der Waals surface area contributed by atoms with Crippen molar-refractivity contribution in [1.82, 2.24) is 24.8 Å². The summed E-state index contributed by atoms with van der Waals surface area (Å²) in [6, 6.07) is 15.6. The van der Waals surface area contributed by atoms with Gasteiger partial charge in [-0.2, -0.15) is 0 Å². The van der Waals surface area contributed by atoms with Crippen LogP contribution in [-0.2, 0) is 29.2 Å². The Morgan fingerprint density at radius 3 is 2.50 bits per heavy atom. The Hall–Kier alpha value is -5.12. The number of piperidine rings is 1. The second kappa shape index (κ2) is 16.7. The van der Waals surface area contributed by atoms with E-state index in [1.165, 1.54) is 9.80 Å². The van der Waals surface area contributed by atoms with Gasteiger partial charge < -0.3 is 24.6 Å². The first-order chi connectivity index (χ1) is 28.7. The van der Waals surface area contributed by atoms with Crippen LogP contribution in [0.15, 0.2) is 66.7 Å². The van der Waals surface area contributed by atoms with Gasteiger partial charge in [0, 0.05) is 73.7 Å². The number of ether oxygens (including phenoxy) is 2. The molecule has 16 heteroatoms. The number of likely N-dealkylation sites (tertiary alicyclic amines) is 1. The molecule has 0 bridgehead atoms. The van der Waals surface area contributed by atoms with Crippen LogP contribution in [0.1, 0.15) is 77.0 Å². The number of carbonyl (C=O) groups excluding carboxylic acids is 4. The van der Waals surface area contributed by atoms with Gasteiger partial charge in [0.05, 0.1) is 30.1 Å². The molecule has 2 aromatic carbocycles. The summed E-state index contributed by atoms with van der Waals surface area (Å²) in [5.74, 6) is -5.38. The molecule has 2 saturated heterocycles. The third kappa shape index (κ3) is 8.98. The number of hydrogen-bond donors (Lipinski definition) is 2. The Labute approximate surface area is 348 Å². The highest BCUT2D eigenvalue weighted by Gasteiger charge is 2.62. The van der Waals surface area contributed by atoms with Gasteiger partial charge in [-0.25, -0.2) is 22.2 Å². The van der Waals surface area contributed by atoms with E-state index in [2.05, 4.69) is 10.0 Å². The second-order valence-electron chi connectivity index (χ2n) is 16.9. The standard InChI is InChI=1S/C44H51F2N5O8S/c1-58-31-14-17-34-36(23-31)47-35(28-10-7-5-8-11-28)25-38(34)59-32-24-37-40(53)48-44(42(55)49-60(56,57)33-15-16-33)26-30(44)13-9-4-2-3-6-12-29(41(54)51(37)27-32)22-39(52)50-20-18-43(45,46)19-21-50/h5,7-11,13-14,17,23,25,29-30,32-33,37H,2-4,6,12,15-16,18-22,24,26-27H2,1H3,(H,48,53)(H,49,55)/b13-9-/t29-,30-,32-,37+,44-/m1/s1. The van der Waals surface area contributed by atoms with E-state index in [-0.39, 0.29) is 38.9 Å².